The SMILES string of the molecule is Cc1cc(C)c(C)c(Oc2cc(NC(=O)c3ccc(COc4c(C)cccc4Cl)o3)cc([N+](=O)[O-])c2)c1. The van der Waals surface area contributed by atoms with E-state index in [1.165, 1.54) is 24.3 Å². The molecule has 0 aliphatic carbocycles. The average Bonchev–Trinajstić information content (AvgIpc) is 3.31. The lowest BCUT2D eigenvalue weighted by Gasteiger charge is -2.13. The molecule has 0 atom stereocenters. The molecule has 0 unspecified atom stereocenters. The van der Waals surface area contributed by atoms with E-state index in [0.29, 0.717) is 22.3 Å². The van der Waals surface area contributed by atoms with Gasteiger partial charge >= 0.3 is 0 Å². The molecule has 1 heterocycles. The molecule has 8 nitrogen and oxygen atoms in total. The van der Waals surface area contributed by atoms with Crippen molar-refractivity contribution in [3.8, 4) is 17.2 Å². The second-order valence-corrected chi connectivity index (χ2v) is 9.08. The van der Waals surface area contributed by atoms with Crippen LogP contribution >= 0.6 is 11.6 Å². The number of amides is 1. The molecule has 0 aliphatic rings. The number of nitro benzene ring substituents is 1. The number of para-hydroxylation sites is 1. The molecular formula is C28H25ClN2O6. The number of carbonyl (C=O) groups is 1. The Kier molecular flexibility index (Phi) is 7.50. The maximum Gasteiger partial charge on any atom is 0.291 e. The molecule has 1 aromatic heterocycles. The quantitative estimate of drug-likeness (QED) is 0.188. The molecule has 0 aliphatic heterocycles. The Bertz CT molecular complexity index is 1470. The fraction of sp³-hybridized carbons (Fsp3) is 0.179. The van der Waals surface area contributed by atoms with Crippen LogP contribution in [0.25, 0.3) is 0 Å². The van der Waals surface area contributed by atoms with Gasteiger partial charge in [0.25, 0.3) is 11.6 Å². The fourth-order valence-corrected chi connectivity index (χ4v) is 4.04. The monoisotopic (exact) mass is 520 g/mol. The van der Waals surface area contributed by atoms with Gasteiger partial charge in [-0.15, -0.1) is 0 Å². The number of carbonyl (C=O) groups excluding carboxylic acids is 1. The van der Waals surface area contributed by atoms with Gasteiger partial charge in [0, 0.05) is 12.1 Å². The summed E-state index contributed by atoms with van der Waals surface area (Å²) in [6, 6.07) is 16.5. The van der Waals surface area contributed by atoms with E-state index in [0.717, 1.165) is 22.3 Å². The Morgan fingerprint density at radius 3 is 2.54 bits per heavy atom. The third-order valence-corrected chi connectivity index (χ3v) is 6.06. The second kappa shape index (κ2) is 10.8. The summed E-state index contributed by atoms with van der Waals surface area (Å²) in [6.45, 7) is 7.77. The number of ether oxygens (including phenoxy) is 2. The van der Waals surface area contributed by atoms with E-state index in [1.807, 2.05) is 52.0 Å². The normalized spacial score (nSPS) is 10.7. The minimum Gasteiger partial charge on any atom is -0.484 e. The first-order valence-electron chi connectivity index (χ1n) is 11.4. The molecule has 9 heteroatoms. The largest absolute Gasteiger partial charge is 0.484 e. The van der Waals surface area contributed by atoms with Crippen molar-refractivity contribution >= 4 is 28.9 Å². The lowest BCUT2D eigenvalue weighted by atomic mass is 10.1. The molecule has 0 bridgehead atoms. The lowest BCUT2D eigenvalue weighted by molar-refractivity contribution is -0.384. The molecule has 1 N–H and O–H groups in total. The summed E-state index contributed by atoms with van der Waals surface area (Å²) in [5, 5.41) is 14.6. The van der Waals surface area contributed by atoms with Crippen molar-refractivity contribution in [1.29, 1.82) is 0 Å². The zero-order chi connectivity index (χ0) is 26.7. The number of hydrogen-bond acceptors (Lipinski definition) is 6. The Labute approximate surface area is 218 Å². The van der Waals surface area contributed by atoms with E-state index in [-0.39, 0.29) is 29.5 Å². The highest BCUT2D eigenvalue weighted by atomic mass is 35.5. The Morgan fingerprint density at radius 1 is 1.03 bits per heavy atom. The predicted molar refractivity (Wildman–Crippen MR) is 141 cm³/mol. The number of furan rings is 1. The number of anilines is 1. The number of benzene rings is 3. The van der Waals surface area contributed by atoms with Crippen LogP contribution < -0.4 is 14.8 Å². The zero-order valence-corrected chi connectivity index (χ0v) is 21.5. The van der Waals surface area contributed by atoms with Gasteiger partial charge in [0.2, 0.25) is 0 Å². The van der Waals surface area contributed by atoms with Crippen LogP contribution in [0, 0.1) is 37.8 Å². The summed E-state index contributed by atoms with van der Waals surface area (Å²) in [6.07, 6.45) is 0. The number of hydrogen-bond donors (Lipinski definition) is 1. The summed E-state index contributed by atoms with van der Waals surface area (Å²) >= 11 is 6.19. The number of halogens is 1. The fourth-order valence-electron chi connectivity index (χ4n) is 3.77. The standard InChI is InChI=1S/C28H25ClN2O6/c1-16-10-18(3)19(4)26(11-16)37-23-13-20(12-21(14-23)31(33)34)30-28(32)25-9-8-22(36-25)15-35-27-17(2)6-5-7-24(27)29/h5-14H,15H2,1-4H3,(H,30,32). The highest BCUT2D eigenvalue weighted by Crippen LogP contribution is 2.33. The number of rotatable bonds is 8. The molecule has 0 radical (unpaired) electrons. The number of non-ortho nitro benzene ring substituents is 1. The van der Waals surface area contributed by atoms with E-state index in [4.69, 9.17) is 25.5 Å². The van der Waals surface area contributed by atoms with E-state index in [1.54, 1.807) is 12.1 Å². The van der Waals surface area contributed by atoms with Crippen LogP contribution in [-0.4, -0.2) is 10.8 Å². The lowest BCUT2D eigenvalue weighted by Crippen LogP contribution is -2.11. The maximum atomic E-state index is 12.8. The van der Waals surface area contributed by atoms with Gasteiger partial charge in [0.1, 0.15) is 29.6 Å². The topological polar surface area (TPSA) is 104 Å². The van der Waals surface area contributed by atoms with Gasteiger partial charge in [-0.2, -0.15) is 0 Å². The molecule has 1 amide bonds. The molecule has 190 valence electrons. The van der Waals surface area contributed by atoms with Crippen molar-refractivity contribution in [3.05, 3.63) is 110 Å². The van der Waals surface area contributed by atoms with Crippen molar-refractivity contribution in [1.82, 2.24) is 0 Å². The third-order valence-electron chi connectivity index (χ3n) is 5.76. The highest BCUT2D eigenvalue weighted by molar-refractivity contribution is 6.32. The minimum absolute atomic E-state index is 0.0219. The molecule has 0 fully saturated rings. The minimum atomic E-state index is -0.575. The van der Waals surface area contributed by atoms with E-state index in [2.05, 4.69) is 5.32 Å². The second-order valence-electron chi connectivity index (χ2n) is 8.67. The zero-order valence-electron chi connectivity index (χ0n) is 20.8. The van der Waals surface area contributed by atoms with Crippen molar-refractivity contribution in [2.45, 2.75) is 34.3 Å². The highest BCUT2D eigenvalue weighted by Gasteiger charge is 2.17. The van der Waals surface area contributed by atoms with Crippen LogP contribution in [0.3, 0.4) is 0 Å². The van der Waals surface area contributed by atoms with Gasteiger partial charge in [0.15, 0.2) is 5.76 Å². The Morgan fingerprint density at radius 2 is 1.81 bits per heavy atom. The molecule has 4 rings (SSSR count). The molecular weight excluding hydrogens is 496 g/mol. The summed E-state index contributed by atoms with van der Waals surface area (Å²) in [7, 11) is 0. The maximum absolute atomic E-state index is 12.8. The Balaban J connectivity index is 1.51. The smallest absolute Gasteiger partial charge is 0.291 e. The number of aryl methyl sites for hydroxylation is 3. The summed E-state index contributed by atoms with van der Waals surface area (Å²) < 4.78 is 17.4. The van der Waals surface area contributed by atoms with Gasteiger partial charge in [-0.05, 0) is 74.2 Å². The van der Waals surface area contributed by atoms with Crippen LogP contribution in [0.1, 0.15) is 38.6 Å². The van der Waals surface area contributed by atoms with Crippen LogP contribution in [-0.2, 0) is 6.61 Å². The van der Waals surface area contributed by atoms with Gasteiger partial charge in [-0.1, -0.05) is 29.8 Å². The molecule has 0 saturated heterocycles. The van der Waals surface area contributed by atoms with Crippen LogP contribution in [0.2, 0.25) is 5.02 Å². The van der Waals surface area contributed by atoms with E-state index >= 15 is 0 Å². The van der Waals surface area contributed by atoms with Gasteiger partial charge < -0.3 is 19.2 Å². The number of nitrogens with zero attached hydrogens (tertiary/aromatic N) is 1. The first-order valence-corrected chi connectivity index (χ1v) is 11.8. The number of nitrogens with one attached hydrogen (secondary N) is 1. The third kappa shape index (κ3) is 6.10. The summed E-state index contributed by atoms with van der Waals surface area (Å²) in [4.78, 5) is 23.8. The van der Waals surface area contributed by atoms with Crippen molar-refractivity contribution < 1.29 is 23.6 Å². The van der Waals surface area contributed by atoms with Crippen molar-refractivity contribution in [3.63, 3.8) is 0 Å². The first kappa shape index (κ1) is 25.8. The summed E-state index contributed by atoms with van der Waals surface area (Å²) in [5.41, 5.74) is 3.79. The van der Waals surface area contributed by atoms with E-state index in [9.17, 15) is 14.9 Å². The van der Waals surface area contributed by atoms with Crippen LogP contribution in [0.4, 0.5) is 11.4 Å². The first-order chi connectivity index (χ1) is 17.6. The van der Waals surface area contributed by atoms with Gasteiger partial charge in [-0.3, -0.25) is 14.9 Å². The van der Waals surface area contributed by atoms with Crippen LogP contribution in [0.15, 0.2) is 65.1 Å². The molecule has 3 aromatic carbocycles. The molecule has 0 saturated carbocycles. The Hall–Kier alpha value is -4.30. The van der Waals surface area contributed by atoms with Crippen molar-refractivity contribution in [2.75, 3.05) is 5.32 Å². The average molecular weight is 521 g/mol. The molecule has 37 heavy (non-hydrogen) atoms. The molecule has 0 spiro atoms. The van der Waals surface area contributed by atoms with Crippen molar-refractivity contribution in [2.24, 2.45) is 0 Å². The molecule has 4 aromatic rings. The predicted octanol–water partition coefficient (Wildman–Crippen LogP) is 7.70. The number of nitro groups is 1. The summed E-state index contributed by atoms with van der Waals surface area (Å²) in [5.74, 6) is 1.20. The van der Waals surface area contributed by atoms with Gasteiger partial charge in [0.05, 0.1) is 21.7 Å². The van der Waals surface area contributed by atoms with Gasteiger partial charge in [-0.25, -0.2) is 0 Å². The van der Waals surface area contributed by atoms with Crippen LogP contribution in [0.5, 0.6) is 17.2 Å². The van der Waals surface area contributed by atoms with E-state index < -0.39 is 10.8 Å².